The number of aryl methyl sites for hydroxylation is 1. The van der Waals surface area contributed by atoms with Gasteiger partial charge in [-0.15, -0.1) is 0 Å². The van der Waals surface area contributed by atoms with Crippen LogP contribution >= 0.6 is 23.2 Å². The molecular formula is C19H20Cl2N2O2. The number of carbonyl (C=O) groups is 2. The van der Waals surface area contributed by atoms with Crippen LogP contribution in [0, 0.1) is 6.92 Å². The van der Waals surface area contributed by atoms with Crippen molar-refractivity contribution in [3.05, 3.63) is 69.2 Å². The molecule has 2 aromatic rings. The highest BCUT2D eigenvalue weighted by Crippen LogP contribution is 2.23. The highest BCUT2D eigenvalue weighted by molar-refractivity contribution is 6.42. The number of nitrogens with one attached hydrogen (secondary N) is 1. The van der Waals surface area contributed by atoms with Crippen molar-refractivity contribution in [3.8, 4) is 0 Å². The molecule has 2 amide bonds. The first-order valence-electron chi connectivity index (χ1n) is 7.89. The number of amides is 2. The second-order valence-electron chi connectivity index (χ2n) is 5.87. The predicted octanol–water partition coefficient (Wildman–Crippen LogP) is 4.08. The van der Waals surface area contributed by atoms with E-state index >= 15 is 0 Å². The van der Waals surface area contributed by atoms with Crippen LogP contribution in [0.4, 0.5) is 0 Å². The zero-order valence-electron chi connectivity index (χ0n) is 14.2. The zero-order valence-corrected chi connectivity index (χ0v) is 15.7. The zero-order chi connectivity index (χ0) is 18.4. The van der Waals surface area contributed by atoms with E-state index in [4.69, 9.17) is 23.2 Å². The van der Waals surface area contributed by atoms with Gasteiger partial charge in [0, 0.05) is 32.1 Å². The maximum atomic E-state index is 12.2. The normalized spacial score (nSPS) is 10.4. The van der Waals surface area contributed by atoms with Crippen LogP contribution in [-0.2, 0) is 11.3 Å². The van der Waals surface area contributed by atoms with Crippen molar-refractivity contribution >= 4 is 35.0 Å². The third kappa shape index (κ3) is 5.76. The van der Waals surface area contributed by atoms with Crippen molar-refractivity contribution in [2.75, 3.05) is 13.6 Å². The molecular weight excluding hydrogens is 359 g/mol. The van der Waals surface area contributed by atoms with Gasteiger partial charge in [0.25, 0.3) is 5.91 Å². The highest BCUT2D eigenvalue weighted by Gasteiger charge is 2.11. The molecule has 0 aliphatic heterocycles. The first-order valence-corrected chi connectivity index (χ1v) is 8.65. The van der Waals surface area contributed by atoms with Crippen molar-refractivity contribution in [1.29, 1.82) is 0 Å². The van der Waals surface area contributed by atoms with Gasteiger partial charge in [-0.3, -0.25) is 9.59 Å². The quantitative estimate of drug-likeness (QED) is 0.822. The lowest BCUT2D eigenvalue weighted by molar-refractivity contribution is -0.130. The lowest BCUT2D eigenvalue weighted by Crippen LogP contribution is -2.31. The first kappa shape index (κ1) is 19.3. The Labute approximate surface area is 157 Å². The topological polar surface area (TPSA) is 49.4 Å². The van der Waals surface area contributed by atoms with Crippen LogP contribution in [-0.4, -0.2) is 30.3 Å². The molecule has 25 heavy (non-hydrogen) atoms. The molecule has 2 rings (SSSR count). The Bertz CT molecular complexity index is 778. The molecule has 0 heterocycles. The van der Waals surface area contributed by atoms with E-state index < -0.39 is 0 Å². The third-order valence-corrected chi connectivity index (χ3v) is 4.47. The number of rotatable bonds is 6. The number of benzene rings is 2. The van der Waals surface area contributed by atoms with E-state index in [1.807, 2.05) is 31.2 Å². The molecule has 0 fully saturated rings. The molecule has 0 saturated heterocycles. The summed E-state index contributed by atoms with van der Waals surface area (Å²) in [5, 5.41) is 3.72. The Morgan fingerprint density at radius 2 is 1.84 bits per heavy atom. The molecule has 0 spiro atoms. The molecule has 4 nitrogen and oxygen atoms in total. The molecule has 0 saturated carbocycles. The average Bonchev–Trinajstić information content (AvgIpc) is 2.58. The fraction of sp³-hybridized carbons (Fsp3) is 0.263. The van der Waals surface area contributed by atoms with Crippen LogP contribution in [0.3, 0.4) is 0 Å². The number of carbonyl (C=O) groups excluding carboxylic acids is 2. The molecule has 0 atom stereocenters. The van der Waals surface area contributed by atoms with E-state index in [-0.39, 0.29) is 24.8 Å². The van der Waals surface area contributed by atoms with Crippen molar-refractivity contribution in [2.24, 2.45) is 0 Å². The number of nitrogens with zero attached hydrogens (tertiary/aromatic N) is 1. The summed E-state index contributed by atoms with van der Waals surface area (Å²) >= 11 is 11.9. The minimum Gasteiger partial charge on any atom is -0.352 e. The SMILES string of the molecule is Cc1cccc(C(=O)NCCC(=O)N(C)Cc2ccc(Cl)c(Cl)c2)c1. The van der Waals surface area contributed by atoms with Crippen molar-refractivity contribution in [2.45, 2.75) is 19.9 Å². The minimum atomic E-state index is -0.177. The first-order chi connectivity index (χ1) is 11.9. The molecule has 1 N–H and O–H groups in total. The largest absolute Gasteiger partial charge is 0.352 e. The lowest BCUT2D eigenvalue weighted by Gasteiger charge is -2.18. The van der Waals surface area contributed by atoms with E-state index in [2.05, 4.69) is 5.32 Å². The van der Waals surface area contributed by atoms with Gasteiger partial charge in [-0.25, -0.2) is 0 Å². The van der Waals surface area contributed by atoms with Crippen LogP contribution in [0.2, 0.25) is 10.0 Å². The number of hydrogen-bond acceptors (Lipinski definition) is 2. The molecule has 132 valence electrons. The van der Waals surface area contributed by atoms with Gasteiger partial charge in [-0.2, -0.15) is 0 Å². The van der Waals surface area contributed by atoms with Gasteiger partial charge in [0.1, 0.15) is 0 Å². The molecule has 2 aromatic carbocycles. The van der Waals surface area contributed by atoms with Crippen LogP contribution in [0.1, 0.15) is 27.9 Å². The van der Waals surface area contributed by atoms with Crippen molar-refractivity contribution in [3.63, 3.8) is 0 Å². The Morgan fingerprint density at radius 1 is 1.08 bits per heavy atom. The Morgan fingerprint density at radius 3 is 2.52 bits per heavy atom. The molecule has 0 aliphatic carbocycles. The van der Waals surface area contributed by atoms with Gasteiger partial charge < -0.3 is 10.2 Å². The van der Waals surface area contributed by atoms with E-state index in [0.717, 1.165) is 11.1 Å². The Hall–Kier alpha value is -2.04. The smallest absolute Gasteiger partial charge is 0.251 e. The van der Waals surface area contributed by atoms with Crippen LogP contribution in [0.25, 0.3) is 0 Å². The van der Waals surface area contributed by atoms with Crippen LogP contribution < -0.4 is 5.32 Å². The van der Waals surface area contributed by atoms with Crippen LogP contribution in [0.5, 0.6) is 0 Å². The van der Waals surface area contributed by atoms with Gasteiger partial charge in [-0.05, 0) is 36.8 Å². The fourth-order valence-corrected chi connectivity index (χ4v) is 2.68. The van der Waals surface area contributed by atoms with E-state index in [0.29, 0.717) is 22.2 Å². The summed E-state index contributed by atoms with van der Waals surface area (Å²) in [5.41, 5.74) is 2.51. The second-order valence-corrected chi connectivity index (χ2v) is 6.69. The summed E-state index contributed by atoms with van der Waals surface area (Å²) < 4.78 is 0. The molecule has 0 bridgehead atoms. The Kier molecular flexibility index (Phi) is 6.85. The fourth-order valence-electron chi connectivity index (χ4n) is 2.36. The number of hydrogen-bond donors (Lipinski definition) is 1. The predicted molar refractivity (Wildman–Crippen MR) is 101 cm³/mol. The average molecular weight is 379 g/mol. The summed E-state index contributed by atoms with van der Waals surface area (Å²) in [4.78, 5) is 25.8. The van der Waals surface area contributed by atoms with E-state index in [1.165, 1.54) is 0 Å². The Balaban J connectivity index is 1.81. The molecule has 6 heteroatoms. The van der Waals surface area contributed by atoms with Gasteiger partial charge in [0.05, 0.1) is 10.0 Å². The maximum Gasteiger partial charge on any atom is 0.251 e. The summed E-state index contributed by atoms with van der Waals surface area (Å²) in [6, 6.07) is 12.6. The monoisotopic (exact) mass is 378 g/mol. The highest BCUT2D eigenvalue weighted by atomic mass is 35.5. The number of halogens is 2. The summed E-state index contributed by atoms with van der Waals surface area (Å²) in [6.45, 7) is 2.65. The second kappa shape index (κ2) is 8.88. The van der Waals surface area contributed by atoms with Gasteiger partial charge in [0.15, 0.2) is 0 Å². The molecule has 0 aromatic heterocycles. The van der Waals surface area contributed by atoms with Crippen molar-refractivity contribution < 1.29 is 9.59 Å². The van der Waals surface area contributed by atoms with Gasteiger partial charge in [-0.1, -0.05) is 47.0 Å². The molecule has 0 aliphatic rings. The summed E-state index contributed by atoms with van der Waals surface area (Å²) in [5.74, 6) is -0.237. The van der Waals surface area contributed by atoms with Crippen molar-refractivity contribution in [1.82, 2.24) is 10.2 Å². The summed E-state index contributed by atoms with van der Waals surface area (Å²) in [7, 11) is 1.72. The standard InChI is InChI=1S/C19H20Cl2N2O2/c1-13-4-3-5-15(10-13)19(25)22-9-8-18(24)23(2)12-14-6-7-16(20)17(21)11-14/h3-7,10-11H,8-9,12H2,1-2H3,(H,22,25). The maximum absolute atomic E-state index is 12.2. The van der Waals surface area contributed by atoms with Crippen LogP contribution in [0.15, 0.2) is 42.5 Å². The lowest BCUT2D eigenvalue weighted by atomic mass is 10.1. The molecule has 0 radical (unpaired) electrons. The van der Waals surface area contributed by atoms with E-state index in [9.17, 15) is 9.59 Å². The van der Waals surface area contributed by atoms with E-state index in [1.54, 1.807) is 30.1 Å². The van der Waals surface area contributed by atoms with Gasteiger partial charge >= 0.3 is 0 Å². The summed E-state index contributed by atoms with van der Waals surface area (Å²) in [6.07, 6.45) is 0.232. The third-order valence-electron chi connectivity index (χ3n) is 3.73. The minimum absolute atomic E-state index is 0.0596. The molecule has 0 unspecified atom stereocenters. The van der Waals surface area contributed by atoms with Gasteiger partial charge in [0.2, 0.25) is 5.91 Å².